The van der Waals surface area contributed by atoms with Crippen LogP contribution in [0.4, 0.5) is 4.39 Å². The van der Waals surface area contributed by atoms with Crippen molar-refractivity contribution >= 4 is 0 Å². The molecule has 0 aromatic carbocycles. The van der Waals surface area contributed by atoms with Crippen molar-refractivity contribution < 1.29 is 4.39 Å². The summed E-state index contributed by atoms with van der Waals surface area (Å²) in [6.07, 6.45) is 17.6. The lowest BCUT2D eigenvalue weighted by molar-refractivity contribution is 0.0203. The summed E-state index contributed by atoms with van der Waals surface area (Å²) in [4.78, 5) is 2.81. The van der Waals surface area contributed by atoms with E-state index in [0.717, 1.165) is 42.6 Å². The van der Waals surface area contributed by atoms with Gasteiger partial charge in [0.2, 0.25) is 0 Å². The van der Waals surface area contributed by atoms with Gasteiger partial charge in [-0.2, -0.15) is 5.26 Å². The van der Waals surface area contributed by atoms with Crippen molar-refractivity contribution in [1.82, 2.24) is 4.90 Å². The quantitative estimate of drug-likeness (QED) is 0.398. The summed E-state index contributed by atoms with van der Waals surface area (Å²) in [7, 11) is 0. The Balaban J connectivity index is 0.000000398. The fraction of sp³-hybridized carbons (Fsp3) is 0.969. The van der Waals surface area contributed by atoms with Crippen LogP contribution in [0.2, 0.25) is 0 Å². The molecule has 0 radical (unpaired) electrons. The molecule has 0 aromatic rings. The number of unbranched alkanes of at least 4 members (excludes halogenated alkanes) is 2. The van der Waals surface area contributed by atoms with Gasteiger partial charge in [0.05, 0.1) is 12.0 Å². The lowest BCUT2D eigenvalue weighted by Gasteiger charge is -2.46. The Morgan fingerprint density at radius 3 is 2.17 bits per heavy atom. The zero-order valence-corrected chi connectivity index (χ0v) is 24.1. The van der Waals surface area contributed by atoms with Gasteiger partial charge in [-0.3, -0.25) is 4.90 Å². The molecule has 36 heavy (non-hydrogen) atoms. The van der Waals surface area contributed by atoms with E-state index in [1.165, 1.54) is 90.1 Å². The summed E-state index contributed by atoms with van der Waals surface area (Å²) in [5.41, 5.74) is 6.31. The molecular weight excluding hydrogens is 445 g/mol. The van der Waals surface area contributed by atoms with Crippen molar-refractivity contribution in [3.63, 3.8) is 0 Å². The Hall–Kier alpha value is -0.660. The van der Waals surface area contributed by atoms with Gasteiger partial charge in [-0.05, 0) is 99.7 Å². The van der Waals surface area contributed by atoms with Crippen molar-refractivity contribution in [2.24, 2.45) is 47.2 Å². The monoisotopic (exact) mass is 503 g/mol. The van der Waals surface area contributed by atoms with Crippen LogP contribution < -0.4 is 5.73 Å². The number of hydrogen-bond acceptors (Lipinski definition) is 3. The topological polar surface area (TPSA) is 53.0 Å². The van der Waals surface area contributed by atoms with Crippen LogP contribution in [0, 0.1) is 52.8 Å². The molecule has 0 aromatic heterocycles. The number of likely N-dealkylation sites (tertiary alicyclic amines) is 1. The van der Waals surface area contributed by atoms with Crippen LogP contribution in [-0.2, 0) is 0 Å². The summed E-state index contributed by atoms with van der Waals surface area (Å²) < 4.78 is 14.6. The Bertz CT molecular complexity index is 656. The van der Waals surface area contributed by atoms with Gasteiger partial charge in [0.25, 0.3) is 0 Å². The normalized spacial score (nSPS) is 40.3. The van der Waals surface area contributed by atoms with Crippen LogP contribution in [-0.4, -0.2) is 36.2 Å². The first-order valence-corrected chi connectivity index (χ1v) is 16.0. The van der Waals surface area contributed by atoms with Crippen molar-refractivity contribution in [2.45, 2.75) is 142 Å². The van der Waals surface area contributed by atoms with Gasteiger partial charge in [-0.1, -0.05) is 59.8 Å². The molecule has 1 aliphatic heterocycles. The number of halogens is 1. The number of nitriles is 1. The highest BCUT2D eigenvalue weighted by Gasteiger charge is 2.48. The van der Waals surface area contributed by atoms with Gasteiger partial charge in [-0.25, -0.2) is 4.39 Å². The van der Waals surface area contributed by atoms with E-state index in [1.54, 1.807) is 0 Å². The predicted molar refractivity (Wildman–Crippen MR) is 150 cm³/mol. The molecule has 3 nitrogen and oxygen atoms in total. The molecule has 208 valence electrons. The van der Waals surface area contributed by atoms with Crippen molar-refractivity contribution in [2.75, 3.05) is 13.1 Å². The van der Waals surface area contributed by atoms with Crippen LogP contribution in [0.15, 0.2) is 0 Å². The standard InChI is InChI=1S/C24H38FN3.C5H12.C3H8/c25-23-10-17(6-7-18(23)12-26)22-3-1-2-19(24(22)16-4-5-16)14-28-13-15-8-20(27)11-21(28)9-15;1-3-5-4-2;1-3-2/h15-24H,1-11,13-14,27H2;3-5H2,1-2H3;3H2,1-2H3/t15-,17?,18?,19?,20+,21-,22?,23?,24?;;/m1../s1. The lowest BCUT2D eigenvalue weighted by Crippen LogP contribution is -2.44. The van der Waals surface area contributed by atoms with E-state index in [9.17, 15) is 9.65 Å². The third kappa shape index (κ3) is 8.17. The summed E-state index contributed by atoms with van der Waals surface area (Å²) in [5.74, 6) is 4.27. The van der Waals surface area contributed by atoms with Gasteiger partial charge >= 0.3 is 0 Å². The first kappa shape index (κ1) is 29.9. The Kier molecular flexibility index (Phi) is 12.5. The van der Waals surface area contributed by atoms with E-state index in [1.807, 2.05) is 0 Å². The molecule has 1 saturated heterocycles. The SMILES string of the molecule is CCC.CCCCC.N#CC1CCC(C2CCCC(CN3C[C@@H]4C[C@H](N)C[C@H]3C4)C2C2CC2)CC1F. The average molecular weight is 504 g/mol. The maximum Gasteiger partial charge on any atom is 0.116 e. The molecule has 0 spiro atoms. The van der Waals surface area contributed by atoms with Crippen LogP contribution in [0.3, 0.4) is 0 Å². The molecule has 4 aliphatic carbocycles. The highest BCUT2D eigenvalue weighted by molar-refractivity contribution is 5.01. The number of hydrogen-bond donors (Lipinski definition) is 1. The average Bonchev–Trinajstić information content (AvgIpc) is 3.65. The van der Waals surface area contributed by atoms with Crippen LogP contribution in [0.25, 0.3) is 0 Å². The first-order valence-electron chi connectivity index (χ1n) is 16.0. The molecule has 5 rings (SSSR count). The zero-order valence-electron chi connectivity index (χ0n) is 24.1. The van der Waals surface area contributed by atoms with Crippen LogP contribution in [0.5, 0.6) is 0 Å². The van der Waals surface area contributed by atoms with Gasteiger partial charge in [0.1, 0.15) is 6.17 Å². The van der Waals surface area contributed by atoms with E-state index in [4.69, 9.17) is 5.73 Å². The highest BCUT2D eigenvalue weighted by Crippen LogP contribution is 2.54. The molecule has 6 unspecified atom stereocenters. The van der Waals surface area contributed by atoms with Gasteiger partial charge in [-0.15, -0.1) is 0 Å². The second-order valence-electron chi connectivity index (χ2n) is 13.1. The minimum Gasteiger partial charge on any atom is -0.328 e. The number of fused-ring (bicyclic) bond motifs is 2. The molecule has 5 aliphatic rings. The van der Waals surface area contributed by atoms with E-state index in [-0.39, 0.29) is 5.92 Å². The summed E-state index contributed by atoms with van der Waals surface area (Å²) in [6, 6.07) is 3.37. The van der Waals surface area contributed by atoms with Crippen molar-refractivity contribution in [1.29, 1.82) is 5.26 Å². The minimum atomic E-state index is -0.886. The largest absolute Gasteiger partial charge is 0.328 e. The van der Waals surface area contributed by atoms with Gasteiger partial charge in [0.15, 0.2) is 0 Å². The smallest absolute Gasteiger partial charge is 0.116 e. The summed E-state index contributed by atoms with van der Waals surface area (Å²) in [5, 5.41) is 9.20. The highest BCUT2D eigenvalue weighted by atomic mass is 19.1. The van der Waals surface area contributed by atoms with E-state index in [2.05, 4.69) is 38.7 Å². The summed E-state index contributed by atoms with van der Waals surface area (Å²) >= 11 is 0. The molecular formula is C32H58FN3. The van der Waals surface area contributed by atoms with Gasteiger partial charge in [0, 0.05) is 25.2 Å². The maximum absolute atomic E-state index is 14.6. The third-order valence-electron chi connectivity index (χ3n) is 9.90. The second-order valence-corrected chi connectivity index (χ2v) is 13.1. The molecule has 1 heterocycles. The number of nitrogens with zero attached hydrogens (tertiary/aromatic N) is 2. The molecule has 2 N–H and O–H groups in total. The molecule has 5 fully saturated rings. The summed E-state index contributed by atoms with van der Waals surface area (Å²) in [6.45, 7) is 11.2. The van der Waals surface area contributed by atoms with Crippen molar-refractivity contribution in [3.8, 4) is 6.07 Å². The zero-order chi connectivity index (χ0) is 26.1. The molecule has 4 saturated carbocycles. The van der Waals surface area contributed by atoms with Crippen LogP contribution >= 0.6 is 0 Å². The second kappa shape index (κ2) is 15.1. The van der Waals surface area contributed by atoms with E-state index in [0.29, 0.717) is 24.3 Å². The van der Waals surface area contributed by atoms with Crippen LogP contribution in [0.1, 0.15) is 124 Å². The number of rotatable bonds is 6. The molecule has 9 atom stereocenters. The molecule has 0 amide bonds. The number of alkyl halides is 1. The Morgan fingerprint density at radius 2 is 1.58 bits per heavy atom. The maximum atomic E-state index is 14.6. The third-order valence-corrected chi connectivity index (χ3v) is 9.90. The fourth-order valence-corrected chi connectivity index (χ4v) is 8.27. The predicted octanol–water partition coefficient (Wildman–Crippen LogP) is 8.13. The number of nitrogens with two attached hydrogens (primary N) is 1. The lowest BCUT2D eigenvalue weighted by atomic mass is 9.61. The van der Waals surface area contributed by atoms with Crippen molar-refractivity contribution in [3.05, 3.63) is 0 Å². The first-order chi connectivity index (χ1) is 17.4. The Morgan fingerprint density at radius 1 is 0.889 bits per heavy atom. The fourth-order valence-electron chi connectivity index (χ4n) is 8.27. The van der Waals surface area contributed by atoms with E-state index < -0.39 is 6.17 Å². The Labute approximate surface area is 223 Å². The van der Waals surface area contributed by atoms with E-state index >= 15 is 0 Å². The van der Waals surface area contributed by atoms with Gasteiger partial charge < -0.3 is 5.73 Å². The molecule has 2 bridgehead atoms. The minimum absolute atomic E-state index is 0.344. The molecule has 4 heteroatoms.